The molecule has 2 fully saturated rings. The Kier molecular flexibility index (Phi) is 10.7. The van der Waals surface area contributed by atoms with Crippen molar-refractivity contribution in [2.24, 2.45) is 11.8 Å². The van der Waals surface area contributed by atoms with E-state index in [0.29, 0.717) is 0 Å². The Labute approximate surface area is 187 Å². The first kappa shape index (κ1) is 23.8. The maximum absolute atomic E-state index is 4.97. The van der Waals surface area contributed by atoms with E-state index in [4.69, 9.17) is 4.98 Å². The summed E-state index contributed by atoms with van der Waals surface area (Å²) in [7, 11) is 0. The van der Waals surface area contributed by atoms with Crippen LogP contribution in [0.2, 0.25) is 0 Å². The molecule has 0 amide bonds. The Hall–Kier alpha value is -0.850. The van der Waals surface area contributed by atoms with Crippen LogP contribution in [0.4, 0.5) is 0 Å². The first-order valence-electron chi connectivity index (χ1n) is 13.8. The van der Waals surface area contributed by atoms with Crippen LogP contribution in [0.25, 0.3) is 0 Å². The van der Waals surface area contributed by atoms with Crippen LogP contribution < -0.4 is 0 Å². The highest BCUT2D eigenvalue weighted by Gasteiger charge is 2.25. The summed E-state index contributed by atoms with van der Waals surface area (Å²) >= 11 is 0. The highest BCUT2D eigenvalue weighted by Crippen LogP contribution is 2.39. The zero-order chi connectivity index (χ0) is 21.0. The molecule has 30 heavy (non-hydrogen) atoms. The lowest BCUT2D eigenvalue weighted by molar-refractivity contribution is 0.299. The quantitative estimate of drug-likeness (QED) is 0.312. The molecule has 2 aliphatic carbocycles. The van der Waals surface area contributed by atoms with Gasteiger partial charge in [-0.15, -0.1) is 0 Å². The lowest BCUT2D eigenvalue weighted by atomic mass is 9.76. The van der Waals surface area contributed by atoms with Crippen molar-refractivity contribution < 1.29 is 0 Å². The zero-order valence-electron chi connectivity index (χ0n) is 20.2. The molecule has 3 rings (SSSR count). The molecule has 1 heteroatoms. The highest BCUT2D eigenvalue weighted by atomic mass is 14.7. The van der Waals surface area contributed by atoms with Crippen LogP contribution in [0.15, 0.2) is 18.3 Å². The van der Waals surface area contributed by atoms with Gasteiger partial charge in [0.2, 0.25) is 0 Å². The maximum atomic E-state index is 4.97. The van der Waals surface area contributed by atoms with Gasteiger partial charge in [-0.25, -0.2) is 0 Å². The second kappa shape index (κ2) is 13.5. The lowest BCUT2D eigenvalue weighted by Crippen LogP contribution is -2.15. The number of rotatable bonds is 12. The predicted molar refractivity (Wildman–Crippen MR) is 131 cm³/mol. The Morgan fingerprint density at radius 2 is 1.20 bits per heavy atom. The fourth-order valence-electron chi connectivity index (χ4n) is 6.14. The van der Waals surface area contributed by atoms with Crippen LogP contribution in [0.3, 0.4) is 0 Å². The normalized spacial score (nSPS) is 27.3. The number of hydrogen-bond acceptors (Lipinski definition) is 1. The van der Waals surface area contributed by atoms with E-state index in [-0.39, 0.29) is 0 Å². The van der Waals surface area contributed by atoms with Gasteiger partial charge in [-0.05, 0) is 80.8 Å². The third-order valence-electron chi connectivity index (χ3n) is 8.32. The molecule has 0 aliphatic heterocycles. The summed E-state index contributed by atoms with van der Waals surface area (Å²) in [6.45, 7) is 4.63. The topological polar surface area (TPSA) is 12.9 Å². The van der Waals surface area contributed by atoms with E-state index in [0.717, 1.165) is 23.7 Å². The van der Waals surface area contributed by atoms with Crippen molar-refractivity contribution in [3.05, 3.63) is 29.6 Å². The Morgan fingerprint density at radius 1 is 0.633 bits per heavy atom. The van der Waals surface area contributed by atoms with Gasteiger partial charge in [-0.1, -0.05) is 84.1 Å². The molecule has 1 nitrogen and oxygen atoms in total. The third kappa shape index (κ3) is 7.69. The summed E-state index contributed by atoms with van der Waals surface area (Å²) in [6.07, 6.45) is 27.9. The van der Waals surface area contributed by atoms with E-state index in [2.05, 4.69) is 32.2 Å². The van der Waals surface area contributed by atoms with Crippen molar-refractivity contribution in [2.75, 3.05) is 0 Å². The summed E-state index contributed by atoms with van der Waals surface area (Å²) in [4.78, 5) is 4.97. The highest BCUT2D eigenvalue weighted by molar-refractivity contribution is 5.21. The summed E-state index contributed by atoms with van der Waals surface area (Å²) in [5, 5.41) is 0. The van der Waals surface area contributed by atoms with Crippen molar-refractivity contribution in [3.8, 4) is 0 Å². The minimum atomic E-state index is 0.727. The fourth-order valence-corrected chi connectivity index (χ4v) is 6.14. The number of pyridine rings is 1. The molecule has 0 unspecified atom stereocenters. The summed E-state index contributed by atoms with van der Waals surface area (Å²) in [6, 6.07) is 4.82. The molecule has 170 valence electrons. The number of hydrogen-bond donors (Lipinski definition) is 0. The van der Waals surface area contributed by atoms with Gasteiger partial charge in [-0.3, -0.25) is 4.98 Å². The molecule has 0 spiro atoms. The molecule has 2 aliphatic rings. The van der Waals surface area contributed by atoms with Crippen molar-refractivity contribution in [2.45, 2.75) is 141 Å². The van der Waals surface area contributed by atoms with Gasteiger partial charge in [0, 0.05) is 17.8 Å². The third-order valence-corrected chi connectivity index (χ3v) is 8.32. The Morgan fingerprint density at radius 3 is 1.80 bits per heavy atom. The molecule has 0 N–H and O–H groups in total. The van der Waals surface area contributed by atoms with Crippen molar-refractivity contribution in [3.63, 3.8) is 0 Å². The molecule has 0 radical (unpaired) electrons. The number of nitrogens with zero attached hydrogens (tertiary/aromatic N) is 1. The van der Waals surface area contributed by atoms with Crippen LogP contribution in [-0.4, -0.2) is 4.98 Å². The van der Waals surface area contributed by atoms with Crippen molar-refractivity contribution in [1.29, 1.82) is 0 Å². The van der Waals surface area contributed by atoms with Gasteiger partial charge in [0.15, 0.2) is 0 Å². The minimum Gasteiger partial charge on any atom is -0.261 e. The minimum absolute atomic E-state index is 0.727. The first-order valence-corrected chi connectivity index (χ1v) is 13.8. The lowest BCUT2D eigenvalue weighted by Gasteiger charge is -2.30. The predicted octanol–water partition coefficient (Wildman–Crippen LogP) is 9.57. The average molecular weight is 412 g/mol. The molecule has 0 bridgehead atoms. The van der Waals surface area contributed by atoms with E-state index in [1.165, 1.54) is 127 Å². The van der Waals surface area contributed by atoms with E-state index < -0.39 is 0 Å². The number of aromatic nitrogens is 1. The van der Waals surface area contributed by atoms with Gasteiger partial charge in [-0.2, -0.15) is 0 Å². The standard InChI is InChI=1S/C29H49N/c1-3-5-7-8-9-10-12-25-13-17-26(18-14-25)28-21-22-29(30-23-28)27-19-15-24(16-20-27)11-6-4-2/h21-27H,3-20H2,1-2H3. The van der Waals surface area contributed by atoms with Gasteiger partial charge in [0.1, 0.15) is 0 Å². The van der Waals surface area contributed by atoms with Gasteiger partial charge in [0.05, 0.1) is 0 Å². The molecule has 2 saturated carbocycles. The zero-order valence-corrected chi connectivity index (χ0v) is 20.2. The molecule has 0 atom stereocenters. The van der Waals surface area contributed by atoms with E-state index >= 15 is 0 Å². The second-order valence-electron chi connectivity index (χ2n) is 10.7. The first-order chi connectivity index (χ1) is 14.8. The van der Waals surface area contributed by atoms with Crippen molar-refractivity contribution in [1.82, 2.24) is 4.98 Å². The second-order valence-corrected chi connectivity index (χ2v) is 10.7. The molecule has 0 saturated heterocycles. The summed E-state index contributed by atoms with van der Waals surface area (Å²) < 4.78 is 0. The largest absolute Gasteiger partial charge is 0.261 e. The van der Waals surface area contributed by atoms with Gasteiger partial charge < -0.3 is 0 Å². The van der Waals surface area contributed by atoms with Gasteiger partial charge >= 0.3 is 0 Å². The van der Waals surface area contributed by atoms with Crippen LogP contribution in [0.1, 0.15) is 153 Å². The number of unbranched alkanes of at least 4 members (excludes halogenated alkanes) is 6. The van der Waals surface area contributed by atoms with Gasteiger partial charge in [0.25, 0.3) is 0 Å². The Bertz CT molecular complexity index is 546. The fraction of sp³-hybridized carbons (Fsp3) is 0.828. The summed E-state index contributed by atoms with van der Waals surface area (Å²) in [5.74, 6) is 3.50. The SMILES string of the molecule is CCCCCCCCC1CCC(c2ccc(C3CCC(CCCC)CC3)nc2)CC1. The summed E-state index contributed by atoms with van der Waals surface area (Å²) in [5.41, 5.74) is 2.90. The van der Waals surface area contributed by atoms with E-state index in [9.17, 15) is 0 Å². The molecule has 1 heterocycles. The Balaban J connectivity index is 1.35. The molecular formula is C29H49N. The van der Waals surface area contributed by atoms with Crippen molar-refractivity contribution >= 4 is 0 Å². The maximum Gasteiger partial charge on any atom is 0.0434 e. The monoisotopic (exact) mass is 411 g/mol. The van der Waals surface area contributed by atoms with E-state index in [1.54, 1.807) is 0 Å². The smallest absolute Gasteiger partial charge is 0.0434 e. The van der Waals surface area contributed by atoms with Crippen LogP contribution in [-0.2, 0) is 0 Å². The molecule has 1 aromatic rings. The molecule has 0 aromatic carbocycles. The molecule has 1 aromatic heterocycles. The van der Waals surface area contributed by atoms with Crippen LogP contribution >= 0.6 is 0 Å². The van der Waals surface area contributed by atoms with Crippen LogP contribution in [0.5, 0.6) is 0 Å². The molecular weight excluding hydrogens is 362 g/mol. The van der Waals surface area contributed by atoms with E-state index in [1.807, 2.05) is 0 Å². The average Bonchev–Trinajstić information content (AvgIpc) is 2.81. The van der Waals surface area contributed by atoms with Crippen LogP contribution in [0, 0.1) is 11.8 Å².